The number of likely N-dealkylation sites (N-methyl/N-ethyl adjacent to an activating group) is 1. The van der Waals surface area contributed by atoms with Crippen molar-refractivity contribution in [3.8, 4) is 5.75 Å². The minimum absolute atomic E-state index is 0.0588. The van der Waals surface area contributed by atoms with Gasteiger partial charge >= 0.3 is 30.4 Å². The molecule has 2 aliphatic rings. The second-order valence-electron chi connectivity index (χ2n) is 13.7. The van der Waals surface area contributed by atoms with E-state index in [0.29, 0.717) is 36.3 Å². The number of carbonyl (C=O) groups excluding carboxylic acids is 2. The van der Waals surface area contributed by atoms with Crippen molar-refractivity contribution < 1.29 is 69.6 Å². The molecule has 2 aromatic carbocycles. The Morgan fingerprint density at radius 2 is 1.70 bits per heavy atom. The average molecular weight is 857 g/mol. The number of anilines is 2. The second-order valence-corrected chi connectivity index (χ2v) is 13.7. The number of benzene rings is 2. The summed E-state index contributed by atoms with van der Waals surface area (Å²) in [7, 11) is 1.43. The molecule has 0 aliphatic carbocycles. The molecule has 2 atom stereocenters. The molecule has 16 nitrogen and oxygen atoms in total. The number of hydrogen-bond acceptors (Lipinski definition) is 11. The summed E-state index contributed by atoms with van der Waals surface area (Å²) in [6.07, 6.45) is -7.72. The van der Waals surface area contributed by atoms with E-state index in [1.165, 1.54) is 16.5 Å². The molecule has 4 aromatic rings. The highest BCUT2D eigenvalue weighted by molar-refractivity contribution is 5.91. The summed E-state index contributed by atoms with van der Waals surface area (Å²) in [6, 6.07) is 12.5. The number of carboxylic acid groups (broad SMARTS) is 2. The molecular weight excluding hydrogens is 817 g/mol. The Morgan fingerprint density at radius 3 is 2.32 bits per heavy atom. The lowest BCUT2D eigenvalue weighted by Gasteiger charge is -2.40. The van der Waals surface area contributed by atoms with E-state index in [9.17, 15) is 50.2 Å². The number of aliphatic carboxylic acids is 1. The summed E-state index contributed by atoms with van der Waals surface area (Å²) < 4.78 is 100. The number of hydrogen-bond donors (Lipinski definition) is 5. The minimum Gasteiger partial charge on any atom is -0.483 e. The average Bonchev–Trinajstić information content (AvgIpc) is 3.62. The highest BCUT2D eigenvalue weighted by Gasteiger charge is 2.42. The molecule has 60 heavy (non-hydrogen) atoms. The fraction of sp³-hybridized carbons (Fsp3) is 0.405. The molecule has 2 fully saturated rings. The maximum atomic E-state index is 14.4. The molecule has 0 bridgehead atoms. The molecule has 23 heteroatoms. The van der Waals surface area contributed by atoms with Crippen LogP contribution in [-0.2, 0) is 20.9 Å². The quantitative estimate of drug-likeness (QED) is 0.116. The zero-order chi connectivity index (χ0) is 43.8. The molecule has 0 spiro atoms. The number of carboxylic acids is 2. The molecule has 324 valence electrons. The topological polar surface area (TPSA) is 200 Å². The van der Waals surface area contributed by atoms with Crippen LogP contribution in [0.2, 0.25) is 0 Å². The smallest absolute Gasteiger partial charge is 0.483 e. The van der Waals surface area contributed by atoms with E-state index < -0.39 is 66.9 Å². The maximum Gasteiger partial charge on any atom is 0.490 e. The Kier molecular flexibility index (Phi) is 14.2. The molecule has 2 amide bonds. The lowest BCUT2D eigenvalue weighted by atomic mass is 10.0. The van der Waals surface area contributed by atoms with Crippen LogP contribution >= 0.6 is 0 Å². The standard InChI is InChI=1S/C35H38F4N8O6.C2HF3O2/c1-45(18-28(35(37,38)39)42-31(48)20-52-27-11-10-22(36)13-24(27)33(49)50)32-15-29(43-30-14-26(44-47(30)32)25-9-5-6-12-40-25)46-16-23(17-46)41-34(51)53-19-21-7-3-2-4-8-21;3-2(4,5)1(6)7/h2-4,7-8,10-11,13-15,23,25,28,40H,5-6,9,12,16-20H2,1H3,(H,41,51)(H,42,48)(H,49,50);(H,6,7)/t25-,28?;/m0./s1. The van der Waals surface area contributed by atoms with Gasteiger partial charge in [-0.1, -0.05) is 36.8 Å². The third kappa shape index (κ3) is 12.1. The zero-order valence-electron chi connectivity index (χ0n) is 31.6. The SMILES string of the molecule is CN(CC(NC(=O)COc1ccc(F)cc1C(=O)O)C(F)(F)F)c1cc(N2CC(NC(=O)OCc3ccccc3)C2)nc2cc([C@@H]3CCCCN3)nn12.O=C(O)C(F)(F)F. The van der Waals surface area contributed by atoms with Gasteiger partial charge in [-0.2, -0.15) is 36.0 Å². The van der Waals surface area contributed by atoms with Crippen LogP contribution in [0, 0.1) is 5.82 Å². The first kappa shape index (κ1) is 44.7. The van der Waals surface area contributed by atoms with Crippen LogP contribution in [-0.4, -0.2) is 113 Å². The first-order chi connectivity index (χ1) is 28.3. The van der Waals surface area contributed by atoms with Gasteiger partial charge in [-0.05, 0) is 43.1 Å². The Balaban J connectivity index is 0.000000896. The van der Waals surface area contributed by atoms with Crippen molar-refractivity contribution in [2.24, 2.45) is 0 Å². The number of alkyl carbamates (subject to hydrolysis) is 1. The van der Waals surface area contributed by atoms with Crippen LogP contribution in [0.15, 0.2) is 60.7 Å². The Bertz CT molecular complexity index is 2140. The third-order valence-electron chi connectivity index (χ3n) is 9.17. The number of ether oxygens (including phenoxy) is 2. The molecule has 2 saturated heterocycles. The van der Waals surface area contributed by atoms with Crippen molar-refractivity contribution in [3.63, 3.8) is 0 Å². The summed E-state index contributed by atoms with van der Waals surface area (Å²) in [5.74, 6) is -5.99. The first-order valence-electron chi connectivity index (χ1n) is 18.2. The highest BCUT2D eigenvalue weighted by Crippen LogP contribution is 2.30. The van der Waals surface area contributed by atoms with Crippen LogP contribution in [0.4, 0.5) is 47.2 Å². The second kappa shape index (κ2) is 19.1. The third-order valence-corrected chi connectivity index (χ3v) is 9.17. The predicted molar refractivity (Wildman–Crippen MR) is 197 cm³/mol. The first-order valence-corrected chi connectivity index (χ1v) is 18.2. The van der Waals surface area contributed by atoms with E-state index in [1.807, 2.05) is 40.5 Å². The zero-order valence-corrected chi connectivity index (χ0v) is 31.6. The number of rotatable bonds is 13. The Morgan fingerprint density at radius 1 is 1.00 bits per heavy atom. The summed E-state index contributed by atoms with van der Waals surface area (Å²) >= 11 is 0. The molecule has 2 aromatic heterocycles. The van der Waals surface area contributed by atoms with E-state index in [0.717, 1.165) is 43.5 Å². The fourth-order valence-electron chi connectivity index (χ4n) is 6.13. The number of carbonyl (C=O) groups is 4. The minimum atomic E-state index is -5.08. The van der Waals surface area contributed by atoms with Crippen molar-refractivity contribution in [2.45, 2.75) is 56.3 Å². The van der Waals surface area contributed by atoms with Crippen molar-refractivity contribution in [1.82, 2.24) is 30.5 Å². The monoisotopic (exact) mass is 856 g/mol. The van der Waals surface area contributed by atoms with E-state index >= 15 is 0 Å². The van der Waals surface area contributed by atoms with E-state index in [2.05, 4.69) is 10.6 Å². The number of halogens is 7. The van der Waals surface area contributed by atoms with Gasteiger partial charge in [-0.3, -0.25) is 4.79 Å². The van der Waals surface area contributed by atoms with Gasteiger partial charge < -0.3 is 45.4 Å². The van der Waals surface area contributed by atoms with Crippen molar-refractivity contribution >= 4 is 41.2 Å². The molecule has 1 unspecified atom stereocenters. The Hall–Kier alpha value is -6.39. The normalized spacial score (nSPS) is 16.1. The predicted octanol–water partition coefficient (Wildman–Crippen LogP) is 4.69. The molecule has 5 N–H and O–H groups in total. The van der Waals surface area contributed by atoms with Crippen LogP contribution in [0.25, 0.3) is 5.65 Å². The number of fused-ring (bicyclic) bond motifs is 1. The van der Waals surface area contributed by atoms with Gasteiger partial charge in [0.15, 0.2) is 12.3 Å². The van der Waals surface area contributed by atoms with Gasteiger partial charge in [0, 0.05) is 38.8 Å². The van der Waals surface area contributed by atoms with E-state index in [-0.39, 0.29) is 30.3 Å². The summed E-state index contributed by atoms with van der Waals surface area (Å²) in [6.45, 7) is -0.0303. The van der Waals surface area contributed by atoms with Crippen LogP contribution in [0.1, 0.15) is 46.9 Å². The lowest BCUT2D eigenvalue weighted by molar-refractivity contribution is -0.192. The molecular formula is C37H39F7N8O8. The number of alkyl halides is 6. The number of aromatic carboxylic acids is 1. The number of aromatic nitrogens is 3. The number of nitrogens with one attached hydrogen (secondary N) is 3. The largest absolute Gasteiger partial charge is 0.490 e. The molecule has 6 rings (SSSR count). The summed E-state index contributed by atoms with van der Waals surface area (Å²) in [5.41, 5.74) is 1.35. The molecule has 0 radical (unpaired) electrons. The summed E-state index contributed by atoms with van der Waals surface area (Å²) in [4.78, 5) is 53.4. The number of amides is 2. The van der Waals surface area contributed by atoms with E-state index in [4.69, 9.17) is 29.5 Å². The summed E-state index contributed by atoms with van der Waals surface area (Å²) in [5, 5.41) is 29.3. The van der Waals surface area contributed by atoms with Crippen molar-refractivity contribution in [2.75, 3.05) is 49.6 Å². The maximum absolute atomic E-state index is 14.4. The van der Waals surface area contributed by atoms with Gasteiger partial charge in [-0.25, -0.2) is 23.8 Å². The molecule has 4 heterocycles. The van der Waals surface area contributed by atoms with Gasteiger partial charge in [0.2, 0.25) is 0 Å². The highest BCUT2D eigenvalue weighted by atomic mass is 19.4. The Labute approximate surface area is 336 Å². The van der Waals surface area contributed by atoms with Gasteiger partial charge in [-0.15, -0.1) is 0 Å². The fourth-order valence-corrected chi connectivity index (χ4v) is 6.13. The van der Waals surface area contributed by atoms with Crippen LogP contribution < -0.4 is 30.5 Å². The van der Waals surface area contributed by atoms with Crippen molar-refractivity contribution in [3.05, 3.63) is 83.3 Å². The number of piperidine rings is 1. The van der Waals surface area contributed by atoms with Gasteiger partial charge in [0.1, 0.15) is 41.4 Å². The van der Waals surface area contributed by atoms with Gasteiger partial charge in [0.05, 0.1) is 17.8 Å². The van der Waals surface area contributed by atoms with Crippen molar-refractivity contribution in [1.29, 1.82) is 0 Å². The van der Waals surface area contributed by atoms with Gasteiger partial charge in [0.25, 0.3) is 5.91 Å². The van der Waals surface area contributed by atoms with Crippen LogP contribution in [0.5, 0.6) is 5.75 Å². The van der Waals surface area contributed by atoms with Crippen LogP contribution in [0.3, 0.4) is 0 Å². The molecule has 0 saturated carbocycles. The molecule has 2 aliphatic heterocycles. The van der Waals surface area contributed by atoms with E-state index in [1.54, 1.807) is 12.1 Å². The lowest BCUT2D eigenvalue weighted by Crippen LogP contribution is -2.59. The number of nitrogens with zero attached hydrogens (tertiary/aromatic N) is 5.